The number of fused-ring (bicyclic) bond motifs is 1. The fourth-order valence-corrected chi connectivity index (χ4v) is 4.96. The number of urea groups is 1. The van der Waals surface area contributed by atoms with Crippen LogP contribution >= 0.6 is 0 Å². The van der Waals surface area contributed by atoms with E-state index >= 15 is 0 Å². The summed E-state index contributed by atoms with van der Waals surface area (Å²) in [5, 5.41) is 6.74. The number of hydrogen-bond donors (Lipinski definition) is 2. The van der Waals surface area contributed by atoms with E-state index in [1.165, 1.54) is 16.3 Å². The van der Waals surface area contributed by atoms with Gasteiger partial charge in [-0.1, -0.05) is 24.3 Å². The molecule has 0 unspecified atom stereocenters. The van der Waals surface area contributed by atoms with Crippen molar-refractivity contribution in [3.63, 3.8) is 0 Å². The van der Waals surface area contributed by atoms with Crippen molar-refractivity contribution in [1.82, 2.24) is 19.4 Å². The Balaban J connectivity index is 1.64. The maximum Gasteiger partial charge on any atom is 0.333 e. The smallest absolute Gasteiger partial charge is 0.333 e. The van der Waals surface area contributed by atoms with Crippen LogP contribution in [0.4, 0.5) is 10.5 Å². The van der Waals surface area contributed by atoms with Crippen LogP contribution in [0.1, 0.15) is 49.4 Å². The minimum absolute atomic E-state index is 0.0149. The fraction of sp³-hybridized carbons (Fsp3) is 0.391. The monoisotopic (exact) mass is 455 g/mol. The van der Waals surface area contributed by atoms with Crippen LogP contribution in [0.25, 0.3) is 5.57 Å². The first-order chi connectivity index (χ1) is 15.2. The molecule has 2 N–H and O–H groups in total. The summed E-state index contributed by atoms with van der Waals surface area (Å²) in [5.74, 6) is 0. The Labute approximate surface area is 189 Å². The molecule has 0 bridgehead atoms. The lowest BCUT2D eigenvalue weighted by Crippen LogP contribution is -2.35. The number of carbonyl (C=O) groups is 1. The van der Waals surface area contributed by atoms with Crippen molar-refractivity contribution >= 4 is 27.3 Å². The molecule has 2 aromatic rings. The number of likely N-dealkylation sites (N-methyl/N-ethyl adjacent to an activating group) is 1. The molecule has 0 atom stereocenters. The summed E-state index contributed by atoms with van der Waals surface area (Å²) >= 11 is 0. The van der Waals surface area contributed by atoms with Crippen LogP contribution in [0.5, 0.6) is 0 Å². The Kier molecular flexibility index (Phi) is 6.10. The summed E-state index contributed by atoms with van der Waals surface area (Å²) in [4.78, 5) is 14.9. The van der Waals surface area contributed by atoms with Crippen LogP contribution in [0, 0.1) is 0 Å². The normalized spacial score (nSPS) is 16.0. The number of carbonyl (C=O) groups excluding carboxylic acids is 1. The third kappa shape index (κ3) is 4.57. The van der Waals surface area contributed by atoms with E-state index in [9.17, 15) is 13.2 Å². The summed E-state index contributed by atoms with van der Waals surface area (Å²) in [7, 11) is -2.10. The molecule has 32 heavy (non-hydrogen) atoms. The maximum absolute atomic E-state index is 12.8. The lowest BCUT2D eigenvalue weighted by Gasteiger charge is -2.25. The van der Waals surface area contributed by atoms with Crippen molar-refractivity contribution in [2.75, 3.05) is 18.9 Å². The van der Waals surface area contributed by atoms with E-state index < -0.39 is 16.1 Å². The van der Waals surface area contributed by atoms with Crippen LogP contribution < -0.4 is 10.0 Å². The average Bonchev–Trinajstić information content (AvgIpc) is 3.25. The Bertz CT molecular complexity index is 1190. The SMILES string of the molecule is CC(C)n1ccc(S(=O)(=O)NC(=O)Nc2c(C3=CN(C)CC=C3)ccc3c2CCCC3)n1. The highest BCUT2D eigenvalue weighted by Gasteiger charge is 2.24. The van der Waals surface area contributed by atoms with Gasteiger partial charge in [-0.25, -0.2) is 9.52 Å². The highest BCUT2D eigenvalue weighted by molar-refractivity contribution is 7.90. The third-order valence-corrected chi connectivity index (χ3v) is 6.97. The van der Waals surface area contributed by atoms with E-state index in [4.69, 9.17) is 0 Å². The zero-order chi connectivity index (χ0) is 22.9. The number of allylic oxidation sites excluding steroid dienone is 2. The van der Waals surface area contributed by atoms with Crippen LogP contribution in [-0.4, -0.2) is 42.7 Å². The van der Waals surface area contributed by atoms with Gasteiger partial charge in [-0.15, -0.1) is 0 Å². The van der Waals surface area contributed by atoms with Crippen molar-refractivity contribution in [2.24, 2.45) is 0 Å². The van der Waals surface area contributed by atoms with Crippen molar-refractivity contribution in [1.29, 1.82) is 0 Å². The zero-order valence-electron chi connectivity index (χ0n) is 18.6. The Morgan fingerprint density at radius 3 is 2.66 bits per heavy atom. The van der Waals surface area contributed by atoms with Gasteiger partial charge in [0, 0.05) is 37.6 Å². The van der Waals surface area contributed by atoms with E-state index in [1.807, 2.05) is 39.2 Å². The number of nitrogens with zero attached hydrogens (tertiary/aromatic N) is 3. The van der Waals surface area contributed by atoms with Crippen molar-refractivity contribution in [3.05, 3.63) is 59.4 Å². The second kappa shape index (κ2) is 8.82. The first kappa shape index (κ1) is 22.1. The van der Waals surface area contributed by atoms with Gasteiger partial charge in [0.15, 0.2) is 5.03 Å². The zero-order valence-corrected chi connectivity index (χ0v) is 19.4. The van der Waals surface area contributed by atoms with Gasteiger partial charge in [0.1, 0.15) is 0 Å². The van der Waals surface area contributed by atoms with Crippen LogP contribution in [-0.2, 0) is 22.9 Å². The molecule has 4 rings (SSSR count). The number of amides is 2. The summed E-state index contributed by atoms with van der Waals surface area (Å²) in [5.41, 5.74) is 4.80. The van der Waals surface area contributed by atoms with E-state index in [1.54, 1.807) is 6.20 Å². The van der Waals surface area contributed by atoms with E-state index in [0.717, 1.165) is 48.9 Å². The Morgan fingerprint density at radius 1 is 1.16 bits per heavy atom. The minimum atomic E-state index is -4.09. The quantitative estimate of drug-likeness (QED) is 0.717. The van der Waals surface area contributed by atoms with Crippen molar-refractivity contribution in [2.45, 2.75) is 50.6 Å². The van der Waals surface area contributed by atoms with Crippen LogP contribution in [0.3, 0.4) is 0 Å². The molecule has 0 saturated carbocycles. The Hall–Kier alpha value is -3.07. The maximum atomic E-state index is 12.8. The molecule has 1 aromatic heterocycles. The lowest BCUT2D eigenvalue weighted by molar-refractivity contribution is 0.256. The molecule has 8 nitrogen and oxygen atoms in total. The molecule has 0 saturated heterocycles. The number of sulfonamides is 1. The average molecular weight is 456 g/mol. The standard InChI is InChI=1S/C23H29N5O3S/c1-16(2)28-14-12-21(25-28)32(30,31)26-23(29)24-22-19-9-5-4-7-17(19)10-11-20(22)18-8-6-13-27(3)15-18/h6,8,10-12,14-16H,4-5,7,9,13H2,1-3H3,(H2,24,26,29). The highest BCUT2D eigenvalue weighted by Crippen LogP contribution is 2.35. The molecule has 2 heterocycles. The number of aryl methyl sites for hydroxylation is 1. The van der Waals surface area contributed by atoms with E-state index in [-0.39, 0.29) is 11.1 Å². The predicted octanol–water partition coefficient (Wildman–Crippen LogP) is 3.70. The predicted molar refractivity (Wildman–Crippen MR) is 125 cm³/mol. The molecule has 9 heteroatoms. The molecule has 2 aliphatic rings. The van der Waals surface area contributed by atoms with Gasteiger partial charge >= 0.3 is 6.03 Å². The number of rotatable bonds is 5. The number of nitrogens with one attached hydrogen (secondary N) is 2. The van der Waals surface area contributed by atoms with Gasteiger partial charge in [0.25, 0.3) is 10.0 Å². The second-order valence-electron chi connectivity index (χ2n) is 8.55. The molecule has 170 valence electrons. The van der Waals surface area contributed by atoms with E-state index in [0.29, 0.717) is 5.69 Å². The van der Waals surface area contributed by atoms with Gasteiger partial charge in [-0.05, 0) is 62.3 Å². The van der Waals surface area contributed by atoms with Crippen molar-refractivity contribution < 1.29 is 13.2 Å². The molecule has 0 radical (unpaired) electrons. The van der Waals surface area contributed by atoms with Gasteiger partial charge in [0.05, 0.1) is 5.69 Å². The number of aromatic nitrogens is 2. The summed E-state index contributed by atoms with van der Waals surface area (Å²) in [6, 6.07) is 4.73. The van der Waals surface area contributed by atoms with Gasteiger partial charge in [-0.2, -0.15) is 13.5 Å². The first-order valence-corrected chi connectivity index (χ1v) is 12.4. The van der Waals surface area contributed by atoms with Gasteiger partial charge in [-0.3, -0.25) is 4.68 Å². The Morgan fingerprint density at radius 2 is 1.94 bits per heavy atom. The molecule has 1 aliphatic carbocycles. The summed E-state index contributed by atoms with van der Waals surface area (Å²) in [6.07, 6.45) is 11.6. The van der Waals surface area contributed by atoms with Crippen LogP contribution in [0.15, 0.2) is 47.8 Å². The summed E-state index contributed by atoms with van der Waals surface area (Å²) < 4.78 is 29.1. The minimum Gasteiger partial charge on any atom is -0.376 e. The van der Waals surface area contributed by atoms with Crippen molar-refractivity contribution in [3.8, 4) is 0 Å². The second-order valence-corrected chi connectivity index (χ2v) is 10.2. The molecular formula is C23H29N5O3S. The fourth-order valence-electron chi connectivity index (χ4n) is 4.11. The molecular weight excluding hydrogens is 426 g/mol. The largest absolute Gasteiger partial charge is 0.376 e. The molecule has 0 spiro atoms. The van der Waals surface area contributed by atoms with Gasteiger partial charge in [0.2, 0.25) is 0 Å². The molecule has 1 aliphatic heterocycles. The van der Waals surface area contributed by atoms with E-state index in [2.05, 4.69) is 32.2 Å². The molecule has 2 amide bonds. The number of anilines is 1. The molecule has 0 fully saturated rings. The van der Waals surface area contributed by atoms with Gasteiger partial charge < -0.3 is 10.2 Å². The highest BCUT2D eigenvalue weighted by atomic mass is 32.2. The lowest BCUT2D eigenvalue weighted by atomic mass is 9.86. The topological polar surface area (TPSA) is 96.3 Å². The third-order valence-electron chi connectivity index (χ3n) is 5.75. The van der Waals surface area contributed by atoms with Crippen LogP contribution in [0.2, 0.25) is 0 Å². The summed E-state index contributed by atoms with van der Waals surface area (Å²) in [6.45, 7) is 4.61. The molecule has 1 aromatic carbocycles. The first-order valence-electron chi connectivity index (χ1n) is 10.9. The number of hydrogen-bond acceptors (Lipinski definition) is 5. The number of benzene rings is 1.